The van der Waals surface area contributed by atoms with E-state index in [0.717, 1.165) is 39.0 Å². The number of carbonyl (C=O) groups excluding carboxylic acids is 2. The van der Waals surface area contributed by atoms with E-state index >= 15 is 0 Å². The number of rotatable bonds is 6. The van der Waals surface area contributed by atoms with Gasteiger partial charge in [0.15, 0.2) is 0 Å². The van der Waals surface area contributed by atoms with Gasteiger partial charge in [0, 0.05) is 52.2 Å². The highest BCUT2D eigenvalue weighted by Gasteiger charge is 2.36. The molecule has 0 aliphatic carbocycles. The van der Waals surface area contributed by atoms with Gasteiger partial charge < -0.3 is 9.80 Å². The molecule has 0 bridgehead atoms. The van der Waals surface area contributed by atoms with Crippen LogP contribution in [0.15, 0.2) is 54.6 Å². The van der Waals surface area contributed by atoms with Gasteiger partial charge in [0.05, 0.1) is 17.6 Å². The molecule has 2 fully saturated rings. The van der Waals surface area contributed by atoms with Gasteiger partial charge in [0.25, 0.3) is 0 Å². The Morgan fingerprint density at radius 3 is 2.50 bits per heavy atom. The summed E-state index contributed by atoms with van der Waals surface area (Å²) in [5.41, 5.74) is 3.06. The lowest BCUT2D eigenvalue weighted by Gasteiger charge is -2.24. The number of nitriles is 1. The van der Waals surface area contributed by atoms with Crippen molar-refractivity contribution in [1.29, 1.82) is 5.26 Å². The van der Waals surface area contributed by atoms with Crippen molar-refractivity contribution in [2.75, 3.05) is 39.3 Å². The number of benzene rings is 2. The Hall–Kier alpha value is -3.17. The second-order valence-corrected chi connectivity index (χ2v) is 8.74. The van der Waals surface area contributed by atoms with Gasteiger partial charge in [-0.25, -0.2) is 0 Å². The van der Waals surface area contributed by atoms with Crippen LogP contribution in [0.2, 0.25) is 0 Å². The van der Waals surface area contributed by atoms with Crippen molar-refractivity contribution >= 4 is 11.8 Å². The largest absolute Gasteiger partial charge is 0.342 e. The summed E-state index contributed by atoms with van der Waals surface area (Å²) in [5.74, 6) is 0.000629. The van der Waals surface area contributed by atoms with Crippen LogP contribution in [0.1, 0.15) is 29.5 Å². The third kappa shape index (κ3) is 5.54. The van der Waals surface area contributed by atoms with Crippen LogP contribution in [0, 0.1) is 17.2 Å². The first-order valence-corrected chi connectivity index (χ1v) is 11.4. The van der Waals surface area contributed by atoms with Gasteiger partial charge in [0.2, 0.25) is 11.8 Å². The van der Waals surface area contributed by atoms with E-state index < -0.39 is 0 Å². The maximum Gasteiger partial charge on any atom is 0.228 e. The summed E-state index contributed by atoms with van der Waals surface area (Å²) in [7, 11) is 0. The molecule has 1 unspecified atom stereocenters. The van der Waals surface area contributed by atoms with E-state index in [1.165, 1.54) is 11.1 Å². The number of amides is 2. The molecular formula is C26H30N4O2. The molecule has 6 heteroatoms. The van der Waals surface area contributed by atoms with Crippen LogP contribution in [0.3, 0.4) is 0 Å². The zero-order chi connectivity index (χ0) is 22.3. The minimum atomic E-state index is -0.219. The number of hydrogen-bond donors (Lipinski definition) is 0. The number of hydrogen-bond acceptors (Lipinski definition) is 4. The highest BCUT2D eigenvalue weighted by molar-refractivity contribution is 5.89. The second-order valence-electron chi connectivity index (χ2n) is 8.74. The lowest BCUT2D eigenvalue weighted by atomic mass is 10.1. The SMILES string of the molecule is N#Cc1ccc(CN2CCCN(C(=O)C3CC(=O)N(CCc4ccccc4)C3)CC2)cc1. The third-order valence-electron chi connectivity index (χ3n) is 6.47. The van der Waals surface area contributed by atoms with Gasteiger partial charge in [-0.1, -0.05) is 42.5 Å². The molecule has 2 aromatic rings. The third-order valence-corrected chi connectivity index (χ3v) is 6.47. The van der Waals surface area contributed by atoms with E-state index in [-0.39, 0.29) is 17.7 Å². The molecule has 6 nitrogen and oxygen atoms in total. The van der Waals surface area contributed by atoms with E-state index in [4.69, 9.17) is 5.26 Å². The first kappa shape index (κ1) is 22.0. The van der Waals surface area contributed by atoms with E-state index in [1.54, 1.807) is 0 Å². The fraction of sp³-hybridized carbons (Fsp3) is 0.423. The van der Waals surface area contributed by atoms with Crippen LogP contribution in [-0.2, 0) is 22.6 Å². The summed E-state index contributed by atoms with van der Waals surface area (Å²) in [6.45, 7) is 5.24. The minimum Gasteiger partial charge on any atom is -0.342 e. The Labute approximate surface area is 190 Å². The van der Waals surface area contributed by atoms with Gasteiger partial charge in [0.1, 0.15) is 0 Å². The normalized spacial score (nSPS) is 19.6. The van der Waals surface area contributed by atoms with Crippen molar-refractivity contribution in [3.05, 3.63) is 71.3 Å². The van der Waals surface area contributed by atoms with E-state index in [9.17, 15) is 9.59 Å². The molecule has 2 aromatic carbocycles. The molecule has 4 rings (SSSR count). The van der Waals surface area contributed by atoms with Gasteiger partial charge >= 0.3 is 0 Å². The molecule has 0 aromatic heterocycles. The van der Waals surface area contributed by atoms with Crippen LogP contribution in [0.25, 0.3) is 0 Å². The molecular weight excluding hydrogens is 400 g/mol. The first-order valence-electron chi connectivity index (χ1n) is 11.4. The Bertz CT molecular complexity index is 968. The van der Waals surface area contributed by atoms with Crippen LogP contribution in [0.5, 0.6) is 0 Å². The summed E-state index contributed by atoms with van der Waals surface area (Å²) >= 11 is 0. The zero-order valence-corrected chi connectivity index (χ0v) is 18.4. The molecule has 0 spiro atoms. The van der Waals surface area contributed by atoms with Gasteiger partial charge in [-0.3, -0.25) is 14.5 Å². The van der Waals surface area contributed by atoms with Crippen LogP contribution in [-0.4, -0.2) is 65.8 Å². The molecule has 0 saturated carbocycles. The quantitative estimate of drug-likeness (QED) is 0.707. The molecule has 0 radical (unpaired) electrons. The lowest BCUT2D eigenvalue weighted by Crippen LogP contribution is -2.40. The Morgan fingerprint density at radius 2 is 1.75 bits per heavy atom. The molecule has 32 heavy (non-hydrogen) atoms. The van der Waals surface area contributed by atoms with Crippen LogP contribution >= 0.6 is 0 Å². The number of likely N-dealkylation sites (tertiary alicyclic amines) is 1. The van der Waals surface area contributed by atoms with E-state index in [2.05, 4.69) is 23.1 Å². The van der Waals surface area contributed by atoms with Crippen molar-refractivity contribution in [3.8, 4) is 6.07 Å². The number of nitrogens with zero attached hydrogens (tertiary/aromatic N) is 4. The summed E-state index contributed by atoms with van der Waals surface area (Å²) in [5, 5.41) is 8.95. The standard InChI is InChI=1S/C26H30N4O2/c27-18-22-7-9-23(10-8-22)19-28-12-4-13-29(16-15-28)26(32)24-17-25(31)30(20-24)14-11-21-5-2-1-3-6-21/h1-3,5-10,24H,4,11-17,19-20H2. The van der Waals surface area contributed by atoms with Crippen molar-refractivity contribution in [3.63, 3.8) is 0 Å². The topological polar surface area (TPSA) is 67.6 Å². The Kier molecular flexibility index (Phi) is 7.18. The van der Waals surface area contributed by atoms with Gasteiger partial charge in [-0.05, 0) is 36.1 Å². The molecule has 0 N–H and O–H groups in total. The van der Waals surface area contributed by atoms with Crippen LogP contribution in [0.4, 0.5) is 0 Å². The fourth-order valence-electron chi connectivity index (χ4n) is 4.61. The average Bonchev–Trinajstić information content (AvgIpc) is 3.04. The summed E-state index contributed by atoms with van der Waals surface area (Å²) in [6, 6.07) is 20.0. The lowest BCUT2D eigenvalue weighted by molar-refractivity contribution is -0.135. The Balaban J connectivity index is 1.27. The molecule has 2 aliphatic heterocycles. The molecule has 166 valence electrons. The Morgan fingerprint density at radius 1 is 0.969 bits per heavy atom. The summed E-state index contributed by atoms with van der Waals surface area (Å²) < 4.78 is 0. The highest BCUT2D eigenvalue weighted by atomic mass is 16.2. The zero-order valence-electron chi connectivity index (χ0n) is 18.4. The molecule has 1 atom stereocenters. The predicted molar refractivity (Wildman–Crippen MR) is 122 cm³/mol. The smallest absolute Gasteiger partial charge is 0.228 e. The van der Waals surface area contributed by atoms with Crippen molar-refractivity contribution in [2.24, 2.45) is 5.92 Å². The minimum absolute atomic E-state index is 0.0940. The van der Waals surface area contributed by atoms with E-state index in [0.29, 0.717) is 31.6 Å². The molecule has 2 amide bonds. The highest BCUT2D eigenvalue weighted by Crippen LogP contribution is 2.22. The maximum absolute atomic E-state index is 13.2. The van der Waals surface area contributed by atoms with Crippen molar-refractivity contribution in [1.82, 2.24) is 14.7 Å². The van der Waals surface area contributed by atoms with Gasteiger partial charge in [-0.15, -0.1) is 0 Å². The maximum atomic E-state index is 13.2. The predicted octanol–water partition coefficient (Wildman–Crippen LogP) is 2.68. The molecule has 2 heterocycles. The monoisotopic (exact) mass is 430 g/mol. The van der Waals surface area contributed by atoms with Crippen molar-refractivity contribution < 1.29 is 9.59 Å². The molecule has 2 aliphatic rings. The summed E-state index contributed by atoms with van der Waals surface area (Å²) in [6.07, 6.45) is 2.08. The van der Waals surface area contributed by atoms with Crippen LogP contribution < -0.4 is 0 Å². The average molecular weight is 431 g/mol. The fourth-order valence-corrected chi connectivity index (χ4v) is 4.61. The molecule has 2 saturated heterocycles. The summed E-state index contributed by atoms with van der Waals surface area (Å²) in [4.78, 5) is 31.8. The second kappa shape index (κ2) is 10.4. The van der Waals surface area contributed by atoms with Crippen molar-refractivity contribution in [2.45, 2.75) is 25.8 Å². The number of carbonyl (C=O) groups is 2. The van der Waals surface area contributed by atoms with Gasteiger partial charge in [-0.2, -0.15) is 5.26 Å². The van der Waals surface area contributed by atoms with E-state index in [1.807, 2.05) is 52.3 Å². The first-order chi connectivity index (χ1) is 15.6.